The molecule has 0 fully saturated rings. The Hall–Kier alpha value is -3.78. The van der Waals surface area contributed by atoms with Crippen LogP contribution >= 0.6 is 11.3 Å². The van der Waals surface area contributed by atoms with E-state index in [9.17, 15) is 14.4 Å². The molecule has 7 nitrogen and oxygen atoms in total. The number of aliphatic imine (C=N–C) groups is 1. The lowest BCUT2D eigenvalue weighted by Gasteiger charge is -2.22. The number of rotatable bonds is 9. The highest BCUT2D eigenvalue weighted by molar-refractivity contribution is 7.09. The summed E-state index contributed by atoms with van der Waals surface area (Å²) in [6.45, 7) is 1.61. The SMILES string of the molecule is C[C@H](NC(=O)CCCCc1cccs1)C(=O)N[C@H]1N=C(c2ccccc2)c2ccccc2N(C)C1=O. The van der Waals surface area contributed by atoms with Crippen molar-refractivity contribution in [1.82, 2.24) is 10.6 Å². The first-order chi connectivity index (χ1) is 17.4. The third-order valence-electron chi connectivity index (χ3n) is 6.10. The van der Waals surface area contributed by atoms with E-state index >= 15 is 0 Å². The van der Waals surface area contributed by atoms with Crippen molar-refractivity contribution in [3.63, 3.8) is 0 Å². The molecule has 8 heteroatoms. The second-order valence-electron chi connectivity index (χ2n) is 8.74. The second-order valence-corrected chi connectivity index (χ2v) is 9.78. The van der Waals surface area contributed by atoms with E-state index in [4.69, 9.17) is 0 Å². The molecule has 2 aromatic carbocycles. The summed E-state index contributed by atoms with van der Waals surface area (Å²) in [5.74, 6) is -1.00. The fraction of sp³-hybridized carbons (Fsp3) is 0.286. The number of anilines is 1. The molecule has 3 amide bonds. The predicted molar refractivity (Wildman–Crippen MR) is 143 cm³/mol. The molecular weight excluding hydrogens is 472 g/mol. The van der Waals surface area contributed by atoms with Crippen molar-refractivity contribution < 1.29 is 14.4 Å². The van der Waals surface area contributed by atoms with Crippen molar-refractivity contribution in [2.75, 3.05) is 11.9 Å². The Labute approximate surface area is 215 Å². The van der Waals surface area contributed by atoms with Crippen molar-refractivity contribution in [2.45, 2.75) is 44.8 Å². The highest BCUT2D eigenvalue weighted by Gasteiger charge is 2.32. The molecule has 3 aromatic rings. The fourth-order valence-electron chi connectivity index (χ4n) is 4.12. The molecule has 0 saturated carbocycles. The molecule has 0 bridgehead atoms. The van der Waals surface area contributed by atoms with Crippen LogP contribution in [0.25, 0.3) is 0 Å². The molecule has 2 N–H and O–H groups in total. The molecule has 0 aliphatic carbocycles. The van der Waals surface area contributed by atoms with E-state index in [1.807, 2.05) is 66.0 Å². The van der Waals surface area contributed by atoms with Crippen molar-refractivity contribution in [2.24, 2.45) is 4.99 Å². The summed E-state index contributed by atoms with van der Waals surface area (Å²) in [4.78, 5) is 46.1. The number of nitrogens with zero attached hydrogens (tertiary/aromatic N) is 2. The fourth-order valence-corrected chi connectivity index (χ4v) is 4.87. The van der Waals surface area contributed by atoms with Gasteiger partial charge in [-0.2, -0.15) is 0 Å². The zero-order chi connectivity index (χ0) is 25.5. The molecule has 1 aromatic heterocycles. The normalized spacial score (nSPS) is 15.9. The number of para-hydroxylation sites is 1. The van der Waals surface area contributed by atoms with Gasteiger partial charge in [-0.15, -0.1) is 11.3 Å². The van der Waals surface area contributed by atoms with Crippen molar-refractivity contribution >= 4 is 40.5 Å². The maximum atomic E-state index is 13.3. The van der Waals surface area contributed by atoms with Crippen LogP contribution in [0.2, 0.25) is 0 Å². The van der Waals surface area contributed by atoms with Crippen LogP contribution in [0.1, 0.15) is 42.2 Å². The number of unbranched alkanes of at least 4 members (excludes halogenated alkanes) is 1. The first-order valence-electron chi connectivity index (χ1n) is 12.1. The van der Waals surface area contributed by atoms with Crippen LogP contribution in [-0.2, 0) is 20.8 Å². The molecule has 0 radical (unpaired) electrons. The van der Waals surface area contributed by atoms with Crippen LogP contribution in [0.5, 0.6) is 0 Å². The summed E-state index contributed by atoms with van der Waals surface area (Å²) >= 11 is 1.71. The highest BCUT2D eigenvalue weighted by Crippen LogP contribution is 2.27. The molecule has 186 valence electrons. The zero-order valence-corrected chi connectivity index (χ0v) is 21.3. The van der Waals surface area contributed by atoms with Gasteiger partial charge in [-0.3, -0.25) is 14.4 Å². The number of hydrogen-bond acceptors (Lipinski definition) is 5. The Kier molecular flexibility index (Phi) is 8.28. The topological polar surface area (TPSA) is 90.9 Å². The minimum atomic E-state index is -1.12. The van der Waals surface area contributed by atoms with E-state index < -0.39 is 18.1 Å². The van der Waals surface area contributed by atoms with Crippen LogP contribution in [0.15, 0.2) is 77.1 Å². The molecule has 0 unspecified atom stereocenters. The molecule has 1 aliphatic heterocycles. The Morgan fingerprint density at radius 2 is 1.78 bits per heavy atom. The first kappa shape index (κ1) is 25.3. The van der Waals surface area contributed by atoms with E-state index in [1.54, 1.807) is 25.3 Å². The van der Waals surface area contributed by atoms with Gasteiger partial charge in [-0.05, 0) is 43.7 Å². The average molecular weight is 503 g/mol. The van der Waals surface area contributed by atoms with E-state index in [1.165, 1.54) is 9.78 Å². The van der Waals surface area contributed by atoms with Gasteiger partial charge < -0.3 is 15.5 Å². The molecule has 2 atom stereocenters. The number of likely N-dealkylation sites (N-methyl/N-ethyl adjacent to an activating group) is 1. The van der Waals surface area contributed by atoms with Gasteiger partial charge in [0.25, 0.3) is 5.91 Å². The van der Waals surface area contributed by atoms with Gasteiger partial charge in [0.1, 0.15) is 6.04 Å². The van der Waals surface area contributed by atoms with Gasteiger partial charge in [-0.1, -0.05) is 54.6 Å². The average Bonchev–Trinajstić information content (AvgIpc) is 3.39. The zero-order valence-electron chi connectivity index (χ0n) is 20.4. The van der Waals surface area contributed by atoms with Gasteiger partial charge in [0.15, 0.2) is 0 Å². The quantitative estimate of drug-likeness (QED) is 0.435. The monoisotopic (exact) mass is 502 g/mol. The number of benzene rings is 2. The summed E-state index contributed by atoms with van der Waals surface area (Å²) in [5.41, 5.74) is 2.98. The van der Waals surface area contributed by atoms with Gasteiger partial charge >= 0.3 is 0 Å². The van der Waals surface area contributed by atoms with Crippen molar-refractivity contribution in [1.29, 1.82) is 0 Å². The van der Waals surface area contributed by atoms with E-state index in [-0.39, 0.29) is 11.8 Å². The van der Waals surface area contributed by atoms with Gasteiger partial charge in [-0.25, -0.2) is 4.99 Å². The minimum absolute atomic E-state index is 0.186. The van der Waals surface area contributed by atoms with Gasteiger partial charge in [0.05, 0.1) is 11.4 Å². The van der Waals surface area contributed by atoms with Crippen LogP contribution in [0, 0.1) is 0 Å². The number of hydrogen-bond donors (Lipinski definition) is 2. The lowest BCUT2D eigenvalue weighted by Crippen LogP contribution is -2.52. The molecule has 4 rings (SSSR count). The highest BCUT2D eigenvalue weighted by atomic mass is 32.1. The molecule has 36 heavy (non-hydrogen) atoms. The van der Waals surface area contributed by atoms with Crippen LogP contribution < -0.4 is 15.5 Å². The number of aryl methyl sites for hydroxylation is 1. The summed E-state index contributed by atoms with van der Waals surface area (Å²) in [6.07, 6.45) is 1.83. The van der Waals surface area contributed by atoms with Gasteiger partial charge in [0, 0.05) is 29.5 Å². The third kappa shape index (κ3) is 6.07. The lowest BCUT2D eigenvalue weighted by molar-refractivity contribution is -0.130. The van der Waals surface area contributed by atoms with Gasteiger partial charge in [0.2, 0.25) is 18.0 Å². The summed E-state index contributed by atoms with van der Waals surface area (Å²) < 4.78 is 0. The number of benzodiazepines with no additional fused rings is 1. The number of nitrogens with one attached hydrogen (secondary N) is 2. The summed E-state index contributed by atoms with van der Waals surface area (Å²) in [7, 11) is 1.67. The summed E-state index contributed by atoms with van der Waals surface area (Å²) in [6, 6.07) is 20.4. The maximum Gasteiger partial charge on any atom is 0.272 e. The predicted octanol–water partition coefficient (Wildman–Crippen LogP) is 3.92. The maximum absolute atomic E-state index is 13.3. The van der Waals surface area contributed by atoms with Crippen LogP contribution in [0.4, 0.5) is 5.69 Å². The Morgan fingerprint density at radius 1 is 1.03 bits per heavy atom. The lowest BCUT2D eigenvalue weighted by atomic mass is 10.0. The standard InChI is InChI=1S/C28H30N4O3S/c1-19(29-24(33)17-9-6-13-21-14-10-18-36-21)27(34)31-26-28(35)32(2)23-16-8-7-15-22(23)25(30-26)20-11-4-3-5-12-20/h3-5,7-8,10-12,14-16,18-19,26H,6,9,13,17H2,1-2H3,(H,29,33)(H,31,34)/t19-,26+/m0/s1. The van der Waals surface area contributed by atoms with E-state index in [2.05, 4.69) is 21.7 Å². The third-order valence-corrected chi connectivity index (χ3v) is 7.03. The second kappa shape index (κ2) is 11.8. The smallest absolute Gasteiger partial charge is 0.272 e. The number of carbonyl (C=O) groups is 3. The molecule has 2 heterocycles. The number of amides is 3. The van der Waals surface area contributed by atoms with Crippen LogP contribution in [-0.4, -0.2) is 42.7 Å². The number of thiophene rings is 1. The Bertz CT molecular complexity index is 1240. The van der Waals surface area contributed by atoms with Crippen molar-refractivity contribution in [3.05, 3.63) is 88.1 Å². The molecule has 0 saturated heterocycles. The first-order valence-corrected chi connectivity index (χ1v) is 12.9. The minimum Gasteiger partial charge on any atom is -0.345 e. The number of fused-ring (bicyclic) bond motifs is 1. The van der Waals surface area contributed by atoms with E-state index in [0.29, 0.717) is 17.8 Å². The molecular formula is C28H30N4O3S. The van der Waals surface area contributed by atoms with E-state index in [0.717, 1.165) is 30.4 Å². The molecule has 0 spiro atoms. The molecule has 1 aliphatic rings. The number of carbonyl (C=O) groups excluding carboxylic acids is 3. The Morgan fingerprint density at radius 3 is 2.53 bits per heavy atom. The summed E-state index contributed by atoms with van der Waals surface area (Å²) in [5, 5.41) is 7.52. The largest absolute Gasteiger partial charge is 0.345 e. The Balaban J connectivity index is 1.42. The van der Waals surface area contributed by atoms with Crippen molar-refractivity contribution in [3.8, 4) is 0 Å². The van der Waals surface area contributed by atoms with Crippen LogP contribution in [0.3, 0.4) is 0 Å².